The van der Waals surface area contributed by atoms with Crippen LogP contribution in [0.25, 0.3) is 0 Å². The number of nitrogens with zero attached hydrogens (tertiary/aromatic N) is 1. The number of rotatable bonds is 4. The Labute approximate surface area is 139 Å². The van der Waals surface area contributed by atoms with Gasteiger partial charge in [0.25, 0.3) is 5.91 Å². The highest BCUT2D eigenvalue weighted by Gasteiger charge is 2.29. The van der Waals surface area contributed by atoms with E-state index in [9.17, 15) is 14.4 Å². The van der Waals surface area contributed by atoms with E-state index in [4.69, 9.17) is 5.53 Å². The summed E-state index contributed by atoms with van der Waals surface area (Å²) in [6, 6.07) is 4.19. The van der Waals surface area contributed by atoms with E-state index < -0.39 is 17.9 Å². The maximum atomic E-state index is 12.5. The molecule has 0 saturated carbocycles. The summed E-state index contributed by atoms with van der Waals surface area (Å²) in [6.07, 6.45) is 0.432. The van der Waals surface area contributed by atoms with Crippen LogP contribution in [0.4, 0.5) is 11.4 Å². The molecule has 3 amide bonds. The van der Waals surface area contributed by atoms with Crippen molar-refractivity contribution in [1.29, 1.82) is 5.53 Å². The van der Waals surface area contributed by atoms with Crippen LogP contribution in [-0.2, 0) is 9.59 Å². The molecule has 0 spiro atoms. The molecule has 1 saturated heterocycles. The zero-order valence-corrected chi connectivity index (χ0v) is 13.9. The third-order valence-electron chi connectivity index (χ3n) is 3.45. The second kappa shape index (κ2) is 6.77. The third kappa shape index (κ3) is 4.15. The zero-order chi connectivity index (χ0) is 17.9. The number of piperidine rings is 1. The molecule has 1 fully saturated rings. The topological polar surface area (TPSA) is 124 Å². The van der Waals surface area contributed by atoms with Gasteiger partial charge in [0.1, 0.15) is 11.7 Å². The minimum Gasteiger partial charge on any atom is -0.379 e. The van der Waals surface area contributed by atoms with Crippen LogP contribution in [0.15, 0.2) is 23.3 Å². The molecular formula is C16H21N5O3. The second-order valence-corrected chi connectivity index (χ2v) is 6.67. The van der Waals surface area contributed by atoms with E-state index in [0.29, 0.717) is 5.69 Å². The maximum absolute atomic E-state index is 12.5. The molecule has 0 aromatic heterocycles. The summed E-state index contributed by atoms with van der Waals surface area (Å²) in [5.74, 6) is -1.37. The van der Waals surface area contributed by atoms with Crippen LogP contribution in [0.5, 0.6) is 0 Å². The fourth-order valence-corrected chi connectivity index (χ4v) is 2.42. The molecule has 1 aliphatic rings. The average Bonchev–Trinajstić information content (AvgIpc) is 2.48. The van der Waals surface area contributed by atoms with Crippen molar-refractivity contribution in [3.05, 3.63) is 23.8 Å². The van der Waals surface area contributed by atoms with Crippen molar-refractivity contribution in [3.8, 4) is 0 Å². The first-order valence-electron chi connectivity index (χ1n) is 7.64. The number of carbonyl (C=O) groups excluding carboxylic acids is 3. The van der Waals surface area contributed by atoms with E-state index in [1.54, 1.807) is 18.2 Å². The van der Waals surface area contributed by atoms with E-state index in [1.165, 1.54) is 0 Å². The molecule has 0 radical (unpaired) electrons. The summed E-state index contributed by atoms with van der Waals surface area (Å²) in [7, 11) is 0. The smallest absolute Gasteiger partial charge is 0.254 e. The van der Waals surface area contributed by atoms with Gasteiger partial charge in [0.15, 0.2) is 0 Å². The predicted molar refractivity (Wildman–Crippen MR) is 88.3 cm³/mol. The van der Waals surface area contributed by atoms with Crippen molar-refractivity contribution in [2.75, 3.05) is 5.32 Å². The summed E-state index contributed by atoms with van der Waals surface area (Å²) in [6.45, 7) is 5.87. The summed E-state index contributed by atoms with van der Waals surface area (Å²) < 4.78 is 0. The van der Waals surface area contributed by atoms with Gasteiger partial charge in [0, 0.05) is 12.0 Å². The Kier molecular flexibility index (Phi) is 4.96. The van der Waals surface area contributed by atoms with E-state index in [0.717, 1.165) is 0 Å². The van der Waals surface area contributed by atoms with Gasteiger partial charge in [0.05, 0.1) is 11.3 Å². The SMILES string of the molecule is CC(C)(C)Nc1cccc(C(=O)NC2CCC(=O)NC2=O)c1N=N. The van der Waals surface area contributed by atoms with Crippen molar-refractivity contribution in [1.82, 2.24) is 10.6 Å². The number of carbonyl (C=O) groups is 3. The highest BCUT2D eigenvalue weighted by Crippen LogP contribution is 2.31. The molecule has 4 N–H and O–H groups in total. The van der Waals surface area contributed by atoms with Crippen molar-refractivity contribution < 1.29 is 14.4 Å². The summed E-state index contributed by atoms with van der Waals surface area (Å²) in [5.41, 5.74) is 8.09. The van der Waals surface area contributed by atoms with Gasteiger partial charge in [-0.3, -0.25) is 19.7 Å². The number of imide groups is 1. The molecule has 1 unspecified atom stereocenters. The van der Waals surface area contributed by atoms with Crippen LogP contribution in [0.1, 0.15) is 44.0 Å². The molecule has 1 aliphatic heterocycles. The molecule has 1 heterocycles. The summed E-state index contributed by atoms with van der Waals surface area (Å²) >= 11 is 0. The van der Waals surface area contributed by atoms with Crippen molar-refractivity contribution in [2.24, 2.45) is 5.11 Å². The van der Waals surface area contributed by atoms with E-state index >= 15 is 0 Å². The Morgan fingerprint density at radius 1 is 1.33 bits per heavy atom. The van der Waals surface area contributed by atoms with E-state index in [1.807, 2.05) is 20.8 Å². The van der Waals surface area contributed by atoms with Gasteiger partial charge in [0.2, 0.25) is 11.8 Å². The van der Waals surface area contributed by atoms with Gasteiger partial charge in [-0.15, -0.1) is 0 Å². The maximum Gasteiger partial charge on any atom is 0.254 e. The van der Waals surface area contributed by atoms with Gasteiger partial charge in [-0.25, -0.2) is 5.53 Å². The number of amides is 3. The first-order valence-corrected chi connectivity index (χ1v) is 7.64. The van der Waals surface area contributed by atoms with Crippen LogP contribution in [-0.4, -0.2) is 29.3 Å². The monoisotopic (exact) mass is 331 g/mol. The molecule has 2 rings (SSSR count). The Morgan fingerprint density at radius 2 is 2.04 bits per heavy atom. The highest BCUT2D eigenvalue weighted by molar-refractivity contribution is 6.06. The second-order valence-electron chi connectivity index (χ2n) is 6.67. The normalized spacial score (nSPS) is 17.9. The average molecular weight is 331 g/mol. The van der Waals surface area contributed by atoms with Gasteiger partial charge in [-0.2, -0.15) is 5.11 Å². The third-order valence-corrected chi connectivity index (χ3v) is 3.45. The molecule has 24 heavy (non-hydrogen) atoms. The molecule has 1 aromatic rings. The number of hydrogen-bond donors (Lipinski definition) is 4. The number of benzene rings is 1. The lowest BCUT2D eigenvalue weighted by atomic mass is 10.0. The van der Waals surface area contributed by atoms with Gasteiger partial charge < -0.3 is 10.6 Å². The molecular weight excluding hydrogens is 310 g/mol. The van der Waals surface area contributed by atoms with E-state index in [-0.39, 0.29) is 35.5 Å². The van der Waals surface area contributed by atoms with Crippen molar-refractivity contribution in [2.45, 2.75) is 45.2 Å². The largest absolute Gasteiger partial charge is 0.379 e. The Balaban J connectivity index is 2.23. The molecule has 0 bridgehead atoms. The molecule has 8 nitrogen and oxygen atoms in total. The number of hydrogen-bond acceptors (Lipinski definition) is 6. The lowest BCUT2D eigenvalue weighted by Crippen LogP contribution is -2.52. The minimum absolute atomic E-state index is 0.179. The van der Waals surface area contributed by atoms with Crippen LogP contribution < -0.4 is 16.0 Å². The number of anilines is 1. The van der Waals surface area contributed by atoms with Crippen LogP contribution in [0, 0.1) is 5.53 Å². The summed E-state index contributed by atoms with van der Waals surface area (Å²) in [5, 5.41) is 11.5. The molecule has 0 aliphatic carbocycles. The fourth-order valence-electron chi connectivity index (χ4n) is 2.42. The highest BCUT2D eigenvalue weighted by atomic mass is 16.2. The van der Waals surface area contributed by atoms with Gasteiger partial charge >= 0.3 is 0 Å². The van der Waals surface area contributed by atoms with Crippen molar-refractivity contribution >= 4 is 29.1 Å². The minimum atomic E-state index is -0.770. The predicted octanol–water partition coefficient (Wildman–Crippen LogP) is 2.09. The lowest BCUT2D eigenvalue weighted by Gasteiger charge is -2.24. The van der Waals surface area contributed by atoms with Crippen LogP contribution in [0.2, 0.25) is 0 Å². The number of para-hydroxylation sites is 1. The molecule has 1 atom stereocenters. The molecule has 8 heteroatoms. The Hall–Kier alpha value is -2.77. The van der Waals surface area contributed by atoms with Crippen LogP contribution >= 0.6 is 0 Å². The van der Waals surface area contributed by atoms with Gasteiger partial charge in [-0.05, 0) is 39.3 Å². The van der Waals surface area contributed by atoms with Crippen molar-refractivity contribution in [3.63, 3.8) is 0 Å². The van der Waals surface area contributed by atoms with E-state index in [2.05, 4.69) is 21.1 Å². The molecule has 1 aromatic carbocycles. The summed E-state index contributed by atoms with van der Waals surface area (Å²) in [4.78, 5) is 35.4. The standard InChI is InChI=1S/C16H21N5O3/c1-16(2,3)20-10-6-4-5-9(13(10)21-17)14(23)18-11-7-8-12(22)19-15(11)24/h4-6,11,17,20H,7-8H2,1-3H3,(H,18,23)(H,19,22,24). The lowest BCUT2D eigenvalue weighted by molar-refractivity contribution is -0.134. The van der Waals surface area contributed by atoms with Crippen LogP contribution in [0.3, 0.4) is 0 Å². The quantitative estimate of drug-likeness (QED) is 0.498. The number of nitrogens with one attached hydrogen (secondary N) is 4. The Bertz CT molecular complexity index is 693. The first-order chi connectivity index (χ1) is 11.2. The first kappa shape index (κ1) is 17.6. The Morgan fingerprint density at radius 3 is 2.62 bits per heavy atom. The zero-order valence-electron chi connectivity index (χ0n) is 13.9. The molecule has 128 valence electrons. The van der Waals surface area contributed by atoms with Gasteiger partial charge in [-0.1, -0.05) is 6.07 Å². The fraction of sp³-hybridized carbons (Fsp3) is 0.438.